The lowest BCUT2D eigenvalue weighted by Crippen LogP contribution is -2.26. The predicted octanol–water partition coefficient (Wildman–Crippen LogP) is 3.87. The van der Waals surface area contributed by atoms with Crippen molar-refractivity contribution in [3.63, 3.8) is 0 Å². The molecule has 0 bridgehead atoms. The summed E-state index contributed by atoms with van der Waals surface area (Å²) in [5.41, 5.74) is 8.77. The lowest BCUT2D eigenvalue weighted by atomic mass is 10.1. The van der Waals surface area contributed by atoms with Gasteiger partial charge in [-0.2, -0.15) is 0 Å². The summed E-state index contributed by atoms with van der Waals surface area (Å²) in [5, 5.41) is 3.03. The van der Waals surface area contributed by atoms with Crippen molar-refractivity contribution in [2.45, 2.75) is 39.2 Å². The number of carbonyl (C=O) groups excluding carboxylic acids is 1. The fourth-order valence-corrected chi connectivity index (χ4v) is 2.49. The number of nitrogen functional groups attached to an aromatic ring is 1. The smallest absolute Gasteiger partial charge is 0.220 e. The summed E-state index contributed by atoms with van der Waals surface area (Å²) in [6.07, 6.45) is 2.04. The fraction of sp³-hybridized carbons (Fsp3) is 0.350. The zero-order valence-corrected chi connectivity index (χ0v) is 14.4. The van der Waals surface area contributed by atoms with Crippen LogP contribution < -0.4 is 15.8 Å². The molecule has 2 aromatic rings. The van der Waals surface area contributed by atoms with Crippen LogP contribution in [-0.4, -0.2) is 12.5 Å². The molecule has 0 spiro atoms. The second-order valence-corrected chi connectivity index (χ2v) is 5.92. The summed E-state index contributed by atoms with van der Waals surface area (Å²) in [5.74, 6) is 0.749. The quantitative estimate of drug-likeness (QED) is 0.724. The molecule has 0 saturated heterocycles. The Morgan fingerprint density at radius 1 is 1.21 bits per heavy atom. The molecule has 0 aromatic heterocycles. The molecule has 0 aliphatic rings. The molecule has 2 rings (SSSR count). The average molecular weight is 326 g/mol. The van der Waals surface area contributed by atoms with Gasteiger partial charge in [0.15, 0.2) is 0 Å². The van der Waals surface area contributed by atoms with Gasteiger partial charge < -0.3 is 15.8 Å². The molecule has 2 aromatic carbocycles. The number of nitrogens with two attached hydrogens (primary N) is 1. The highest BCUT2D eigenvalue weighted by atomic mass is 16.5. The monoisotopic (exact) mass is 326 g/mol. The van der Waals surface area contributed by atoms with Gasteiger partial charge in [-0.15, -0.1) is 0 Å². The summed E-state index contributed by atoms with van der Waals surface area (Å²) in [6.45, 7) is 4.70. The first-order chi connectivity index (χ1) is 11.6. The highest BCUT2D eigenvalue weighted by molar-refractivity contribution is 5.76. The largest absolute Gasteiger partial charge is 0.491 e. The van der Waals surface area contributed by atoms with Crippen molar-refractivity contribution >= 4 is 11.6 Å². The molecule has 0 aliphatic carbocycles. The lowest BCUT2D eigenvalue weighted by Gasteiger charge is -2.14. The van der Waals surface area contributed by atoms with Crippen molar-refractivity contribution in [2.24, 2.45) is 0 Å². The van der Waals surface area contributed by atoms with Gasteiger partial charge in [0.05, 0.1) is 18.3 Å². The summed E-state index contributed by atoms with van der Waals surface area (Å²) < 4.78 is 5.56. The minimum Gasteiger partial charge on any atom is -0.491 e. The number of hydrogen-bond acceptors (Lipinski definition) is 3. The lowest BCUT2D eigenvalue weighted by molar-refractivity contribution is -0.121. The van der Waals surface area contributed by atoms with Gasteiger partial charge in [-0.3, -0.25) is 4.79 Å². The van der Waals surface area contributed by atoms with E-state index in [0.717, 1.165) is 17.5 Å². The summed E-state index contributed by atoms with van der Waals surface area (Å²) in [6, 6.07) is 15.7. The van der Waals surface area contributed by atoms with Gasteiger partial charge in [0, 0.05) is 6.42 Å². The minimum absolute atomic E-state index is 0.00795. The summed E-state index contributed by atoms with van der Waals surface area (Å²) in [4.78, 5) is 12.1. The Hall–Kier alpha value is -2.49. The molecule has 0 fully saturated rings. The molecule has 1 unspecified atom stereocenters. The van der Waals surface area contributed by atoms with E-state index in [-0.39, 0.29) is 11.9 Å². The summed E-state index contributed by atoms with van der Waals surface area (Å²) in [7, 11) is 0. The minimum atomic E-state index is 0.00795. The number of carbonyl (C=O) groups is 1. The van der Waals surface area contributed by atoms with Crippen molar-refractivity contribution in [1.82, 2.24) is 5.32 Å². The zero-order valence-electron chi connectivity index (χ0n) is 14.4. The number of rotatable bonds is 8. The molecule has 4 heteroatoms. The highest BCUT2D eigenvalue weighted by Crippen LogP contribution is 2.23. The van der Waals surface area contributed by atoms with E-state index in [1.165, 1.54) is 0 Å². The van der Waals surface area contributed by atoms with Gasteiger partial charge in [0.25, 0.3) is 0 Å². The molecule has 0 saturated carbocycles. The number of nitrogens with one attached hydrogen (secondary N) is 1. The van der Waals surface area contributed by atoms with Crippen molar-refractivity contribution in [2.75, 3.05) is 12.3 Å². The first-order valence-corrected chi connectivity index (χ1v) is 8.45. The number of hydrogen-bond donors (Lipinski definition) is 2. The molecule has 1 atom stereocenters. The SMILES string of the molecule is CCCOc1ccc(CCC(=O)NC(C)c2ccccc2)cc1N. The third-order valence-electron chi connectivity index (χ3n) is 3.85. The van der Waals surface area contributed by atoms with Crippen LogP contribution in [0.3, 0.4) is 0 Å². The fourth-order valence-electron chi connectivity index (χ4n) is 2.49. The predicted molar refractivity (Wildman–Crippen MR) is 98.0 cm³/mol. The molecule has 128 valence electrons. The van der Waals surface area contributed by atoms with Crippen LogP contribution in [0, 0.1) is 0 Å². The molecule has 24 heavy (non-hydrogen) atoms. The first kappa shape index (κ1) is 17.9. The van der Waals surface area contributed by atoms with Crippen molar-refractivity contribution in [3.05, 3.63) is 59.7 Å². The van der Waals surface area contributed by atoms with E-state index in [0.29, 0.717) is 30.9 Å². The van der Waals surface area contributed by atoms with E-state index >= 15 is 0 Å². The highest BCUT2D eigenvalue weighted by Gasteiger charge is 2.10. The van der Waals surface area contributed by atoms with Crippen molar-refractivity contribution in [3.8, 4) is 5.75 Å². The maximum Gasteiger partial charge on any atom is 0.220 e. The van der Waals surface area contributed by atoms with Crippen molar-refractivity contribution in [1.29, 1.82) is 0 Å². The molecule has 0 aliphatic heterocycles. The Balaban J connectivity index is 1.84. The number of benzene rings is 2. The average Bonchev–Trinajstić information content (AvgIpc) is 2.60. The second kappa shape index (κ2) is 8.96. The van der Waals surface area contributed by atoms with Gasteiger partial charge in [0.2, 0.25) is 5.91 Å². The van der Waals surface area contributed by atoms with Crippen LogP contribution in [-0.2, 0) is 11.2 Å². The van der Waals surface area contributed by atoms with Crippen LogP contribution in [0.25, 0.3) is 0 Å². The third kappa shape index (κ3) is 5.30. The van der Waals surface area contributed by atoms with E-state index in [4.69, 9.17) is 10.5 Å². The Bertz CT molecular complexity index is 656. The zero-order chi connectivity index (χ0) is 17.4. The number of amides is 1. The summed E-state index contributed by atoms with van der Waals surface area (Å²) >= 11 is 0. The van der Waals surface area contributed by atoms with Gasteiger partial charge in [0.1, 0.15) is 5.75 Å². The van der Waals surface area contributed by atoms with E-state index in [9.17, 15) is 4.79 Å². The van der Waals surface area contributed by atoms with Crippen LogP contribution in [0.1, 0.15) is 43.9 Å². The molecule has 0 heterocycles. The van der Waals surface area contributed by atoms with Gasteiger partial charge in [-0.25, -0.2) is 0 Å². The third-order valence-corrected chi connectivity index (χ3v) is 3.85. The van der Waals surface area contributed by atoms with Crippen LogP contribution in [0.4, 0.5) is 5.69 Å². The topological polar surface area (TPSA) is 64.3 Å². The maximum absolute atomic E-state index is 12.1. The Labute approximate surface area is 144 Å². The molecule has 1 amide bonds. The van der Waals surface area contributed by atoms with Crippen LogP contribution >= 0.6 is 0 Å². The maximum atomic E-state index is 12.1. The van der Waals surface area contributed by atoms with E-state index in [2.05, 4.69) is 12.2 Å². The van der Waals surface area contributed by atoms with E-state index < -0.39 is 0 Å². The molecular formula is C20H26N2O2. The number of ether oxygens (including phenoxy) is 1. The van der Waals surface area contributed by atoms with Gasteiger partial charge >= 0.3 is 0 Å². The standard InChI is InChI=1S/C20H26N2O2/c1-3-13-24-19-11-9-16(14-18(19)21)10-12-20(23)22-15(2)17-7-5-4-6-8-17/h4-9,11,14-15H,3,10,12-13,21H2,1-2H3,(H,22,23). The Kier molecular flexibility index (Phi) is 6.67. The van der Waals surface area contributed by atoms with Gasteiger partial charge in [-0.1, -0.05) is 43.3 Å². The molecule has 4 nitrogen and oxygen atoms in total. The molecule has 3 N–H and O–H groups in total. The normalized spacial score (nSPS) is 11.8. The second-order valence-electron chi connectivity index (χ2n) is 5.92. The number of aryl methyl sites for hydroxylation is 1. The molecule has 0 radical (unpaired) electrons. The Morgan fingerprint density at radius 3 is 2.62 bits per heavy atom. The van der Waals surface area contributed by atoms with Gasteiger partial charge in [-0.05, 0) is 43.0 Å². The van der Waals surface area contributed by atoms with Crippen LogP contribution in [0.5, 0.6) is 5.75 Å². The molecular weight excluding hydrogens is 300 g/mol. The Morgan fingerprint density at radius 2 is 1.96 bits per heavy atom. The van der Waals surface area contributed by atoms with Crippen LogP contribution in [0.2, 0.25) is 0 Å². The first-order valence-electron chi connectivity index (χ1n) is 8.45. The van der Waals surface area contributed by atoms with Crippen LogP contribution in [0.15, 0.2) is 48.5 Å². The van der Waals surface area contributed by atoms with E-state index in [1.807, 2.05) is 55.5 Å². The van der Waals surface area contributed by atoms with Crippen molar-refractivity contribution < 1.29 is 9.53 Å². The van der Waals surface area contributed by atoms with E-state index in [1.54, 1.807) is 0 Å². The number of anilines is 1.